The lowest BCUT2D eigenvalue weighted by molar-refractivity contribution is 0.318. The number of hydrogen-bond donors (Lipinski definition) is 1. The van der Waals surface area contributed by atoms with E-state index in [1.165, 1.54) is 16.0 Å². The topological polar surface area (TPSA) is 45.1 Å². The van der Waals surface area contributed by atoms with E-state index >= 15 is 0 Å². The molecule has 0 atom stereocenters. The number of aromatic hydroxyl groups is 1. The first-order valence-electron chi connectivity index (χ1n) is 10.9. The molecule has 1 aliphatic rings. The lowest BCUT2D eigenvalue weighted by atomic mass is 10.1. The van der Waals surface area contributed by atoms with Gasteiger partial charge < -0.3 is 14.7 Å². The molecule has 164 valence electrons. The molecule has 3 aromatic rings. The van der Waals surface area contributed by atoms with Crippen molar-refractivity contribution < 1.29 is 9.84 Å². The first-order valence-corrected chi connectivity index (χ1v) is 11.7. The van der Waals surface area contributed by atoms with Crippen LogP contribution in [0.15, 0.2) is 88.8 Å². The van der Waals surface area contributed by atoms with Crippen LogP contribution in [-0.4, -0.2) is 34.9 Å². The SMILES string of the molecule is CCOc1ccc(/C=C2/CN(CCc3ccccc3)C(=NCc3ccccc3)S2)cc1O. The van der Waals surface area contributed by atoms with Crippen molar-refractivity contribution >= 4 is 23.0 Å². The maximum atomic E-state index is 10.2. The summed E-state index contributed by atoms with van der Waals surface area (Å²) in [6.45, 7) is 4.84. The Kier molecular flexibility index (Phi) is 7.51. The van der Waals surface area contributed by atoms with Gasteiger partial charge in [0.05, 0.1) is 19.7 Å². The number of amidine groups is 1. The van der Waals surface area contributed by atoms with Gasteiger partial charge in [-0.1, -0.05) is 78.5 Å². The second-order valence-corrected chi connectivity index (χ2v) is 8.71. The average Bonchev–Trinajstić information content (AvgIpc) is 3.21. The maximum Gasteiger partial charge on any atom is 0.164 e. The van der Waals surface area contributed by atoms with Crippen molar-refractivity contribution in [2.24, 2.45) is 4.99 Å². The zero-order valence-corrected chi connectivity index (χ0v) is 19.1. The molecule has 0 amide bonds. The Bertz CT molecular complexity index is 1080. The molecule has 0 spiro atoms. The molecule has 3 aromatic carbocycles. The minimum absolute atomic E-state index is 0.170. The second-order valence-electron chi connectivity index (χ2n) is 7.61. The van der Waals surface area contributed by atoms with Crippen molar-refractivity contribution in [3.8, 4) is 11.5 Å². The Labute approximate surface area is 194 Å². The number of ether oxygens (including phenoxy) is 1. The van der Waals surface area contributed by atoms with Gasteiger partial charge >= 0.3 is 0 Å². The van der Waals surface area contributed by atoms with Gasteiger partial charge in [0.1, 0.15) is 0 Å². The van der Waals surface area contributed by atoms with Gasteiger partial charge in [-0.15, -0.1) is 0 Å². The van der Waals surface area contributed by atoms with Crippen LogP contribution in [0.3, 0.4) is 0 Å². The third-order valence-corrected chi connectivity index (χ3v) is 6.28. The van der Waals surface area contributed by atoms with Crippen LogP contribution in [0.25, 0.3) is 6.08 Å². The first kappa shape index (κ1) is 22.0. The summed E-state index contributed by atoms with van der Waals surface area (Å²) in [5.74, 6) is 0.687. The highest BCUT2D eigenvalue weighted by atomic mass is 32.2. The van der Waals surface area contributed by atoms with Crippen LogP contribution in [0.1, 0.15) is 23.6 Å². The van der Waals surface area contributed by atoms with E-state index in [0.29, 0.717) is 18.9 Å². The number of benzene rings is 3. The summed E-state index contributed by atoms with van der Waals surface area (Å²) < 4.78 is 5.44. The van der Waals surface area contributed by atoms with Crippen molar-refractivity contribution in [1.29, 1.82) is 0 Å². The average molecular weight is 445 g/mol. The molecular weight excluding hydrogens is 416 g/mol. The lowest BCUT2D eigenvalue weighted by Gasteiger charge is -2.17. The van der Waals surface area contributed by atoms with Crippen LogP contribution >= 0.6 is 11.8 Å². The van der Waals surface area contributed by atoms with E-state index in [9.17, 15) is 5.11 Å². The maximum absolute atomic E-state index is 10.2. The fourth-order valence-corrected chi connectivity index (χ4v) is 4.65. The minimum atomic E-state index is 0.170. The molecule has 1 aliphatic heterocycles. The van der Waals surface area contributed by atoms with E-state index in [0.717, 1.165) is 30.2 Å². The van der Waals surface area contributed by atoms with Crippen LogP contribution in [0.5, 0.6) is 11.5 Å². The Hall–Kier alpha value is -3.18. The molecule has 0 saturated carbocycles. The van der Waals surface area contributed by atoms with Crippen molar-refractivity contribution in [3.63, 3.8) is 0 Å². The van der Waals surface area contributed by atoms with Gasteiger partial charge in [-0.25, -0.2) is 0 Å². The highest BCUT2D eigenvalue weighted by Gasteiger charge is 2.23. The van der Waals surface area contributed by atoms with Crippen molar-refractivity contribution in [2.45, 2.75) is 19.9 Å². The van der Waals surface area contributed by atoms with Crippen molar-refractivity contribution in [3.05, 3.63) is 100 Å². The van der Waals surface area contributed by atoms with E-state index < -0.39 is 0 Å². The third-order valence-electron chi connectivity index (χ3n) is 5.20. The van der Waals surface area contributed by atoms with Gasteiger partial charge in [-0.2, -0.15) is 0 Å². The largest absolute Gasteiger partial charge is 0.504 e. The van der Waals surface area contributed by atoms with Crippen molar-refractivity contribution in [1.82, 2.24) is 4.90 Å². The normalized spacial score (nSPS) is 16.1. The van der Waals surface area contributed by atoms with Crippen LogP contribution < -0.4 is 4.74 Å². The van der Waals surface area contributed by atoms with E-state index in [1.807, 2.05) is 37.3 Å². The summed E-state index contributed by atoms with van der Waals surface area (Å²) in [4.78, 5) is 8.49. The van der Waals surface area contributed by atoms with Crippen LogP contribution in [0.4, 0.5) is 0 Å². The summed E-state index contributed by atoms with van der Waals surface area (Å²) in [5, 5.41) is 11.3. The molecule has 1 saturated heterocycles. The fourth-order valence-electron chi connectivity index (χ4n) is 3.59. The number of aliphatic imine (C=N–C) groups is 1. The summed E-state index contributed by atoms with van der Waals surface area (Å²) in [7, 11) is 0. The van der Waals surface area contributed by atoms with E-state index in [4.69, 9.17) is 9.73 Å². The molecule has 1 N–H and O–H groups in total. The molecule has 4 rings (SSSR count). The highest BCUT2D eigenvalue weighted by molar-refractivity contribution is 8.17. The summed E-state index contributed by atoms with van der Waals surface area (Å²) in [6.07, 6.45) is 3.10. The number of phenolic OH excluding ortho intramolecular Hbond substituents is 1. The lowest BCUT2D eigenvalue weighted by Crippen LogP contribution is -2.26. The highest BCUT2D eigenvalue weighted by Crippen LogP contribution is 2.34. The zero-order chi connectivity index (χ0) is 22.2. The molecule has 0 aromatic heterocycles. The smallest absolute Gasteiger partial charge is 0.164 e. The standard InChI is InChI=1S/C27H28N2O2S/c1-2-31-26-14-13-23(18-25(26)30)17-24-20-29(16-15-21-9-5-3-6-10-21)27(32-24)28-19-22-11-7-4-8-12-22/h3-14,17-18,30H,2,15-16,19-20H2,1H3/b24-17-,28-27?. The summed E-state index contributed by atoms with van der Waals surface area (Å²) in [5.41, 5.74) is 3.49. The molecule has 1 heterocycles. The monoisotopic (exact) mass is 444 g/mol. The molecule has 32 heavy (non-hydrogen) atoms. The molecule has 0 radical (unpaired) electrons. The van der Waals surface area contributed by atoms with E-state index in [2.05, 4.69) is 53.4 Å². The summed E-state index contributed by atoms with van der Waals surface area (Å²) in [6, 6.07) is 26.5. The van der Waals surface area contributed by atoms with Gasteiger partial charge in [0.2, 0.25) is 0 Å². The van der Waals surface area contributed by atoms with Gasteiger partial charge in [0.25, 0.3) is 0 Å². The third kappa shape index (κ3) is 5.95. The van der Waals surface area contributed by atoms with Crippen LogP contribution in [0.2, 0.25) is 0 Å². The van der Waals surface area contributed by atoms with Crippen molar-refractivity contribution in [2.75, 3.05) is 19.7 Å². The van der Waals surface area contributed by atoms with Gasteiger partial charge in [-0.3, -0.25) is 4.99 Å². The molecular formula is C27H28N2O2S. The molecule has 0 unspecified atom stereocenters. The van der Waals surface area contributed by atoms with Crippen LogP contribution in [-0.2, 0) is 13.0 Å². The number of hydrogen-bond acceptors (Lipinski definition) is 4. The first-order chi connectivity index (χ1) is 15.7. The molecule has 5 heteroatoms. The number of phenols is 1. The minimum Gasteiger partial charge on any atom is -0.504 e. The van der Waals surface area contributed by atoms with Crippen LogP contribution in [0, 0.1) is 0 Å². The Morgan fingerprint density at radius 2 is 1.72 bits per heavy atom. The predicted octanol–water partition coefficient (Wildman–Crippen LogP) is 5.98. The summed E-state index contributed by atoms with van der Waals surface area (Å²) >= 11 is 1.71. The van der Waals surface area contributed by atoms with Gasteiger partial charge in [-0.05, 0) is 48.2 Å². The number of thioether (sulfide) groups is 1. The second kappa shape index (κ2) is 10.9. The molecule has 0 aliphatic carbocycles. The fraction of sp³-hybridized carbons (Fsp3) is 0.222. The Balaban J connectivity index is 1.51. The van der Waals surface area contributed by atoms with E-state index in [-0.39, 0.29) is 5.75 Å². The quantitative estimate of drug-likeness (QED) is 0.464. The van der Waals surface area contributed by atoms with E-state index in [1.54, 1.807) is 17.8 Å². The Morgan fingerprint density at radius 1 is 1.00 bits per heavy atom. The van der Waals surface area contributed by atoms with Gasteiger partial charge in [0, 0.05) is 11.4 Å². The molecule has 4 nitrogen and oxygen atoms in total. The Morgan fingerprint density at radius 3 is 2.41 bits per heavy atom. The molecule has 1 fully saturated rings. The number of nitrogens with zero attached hydrogens (tertiary/aromatic N) is 2. The predicted molar refractivity (Wildman–Crippen MR) is 134 cm³/mol. The molecule has 0 bridgehead atoms. The zero-order valence-electron chi connectivity index (χ0n) is 18.3. The number of rotatable bonds is 8. The van der Waals surface area contributed by atoms with Gasteiger partial charge in [0.15, 0.2) is 16.7 Å².